The normalized spacial score (nSPS) is 21.1. The van der Waals surface area contributed by atoms with Crippen molar-refractivity contribution in [3.8, 4) is 0 Å². The zero-order valence-corrected chi connectivity index (χ0v) is 12.5. The largest absolute Gasteiger partial charge is 0.378 e. The van der Waals surface area contributed by atoms with Crippen LogP contribution in [-0.4, -0.2) is 18.8 Å². The SMILES string of the molecule is NNC(Cc1csc2ccccc12)CC1CCCCO1. The van der Waals surface area contributed by atoms with Crippen molar-refractivity contribution in [2.45, 2.75) is 44.2 Å². The molecule has 1 aromatic carbocycles. The van der Waals surface area contributed by atoms with Crippen molar-refractivity contribution in [3.05, 3.63) is 35.2 Å². The first kappa shape index (κ1) is 14.0. The molecule has 1 aliphatic rings. The van der Waals surface area contributed by atoms with E-state index in [4.69, 9.17) is 10.6 Å². The molecule has 0 aliphatic carbocycles. The molecule has 1 aliphatic heterocycles. The van der Waals surface area contributed by atoms with Gasteiger partial charge >= 0.3 is 0 Å². The average molecular weight is 290 g/mol. The highest BCUT2D eigenvalue weighted by molar-refractivity contribution is 7.17. The summed E-state index contributed by atoms with van der Waals surface area (Å²) in [6.45, 7) is 0.906. The molecular formula is C16H22N2OS. The van der Waals surface area contributed by atoms with E-state index in [2.05, 4.69) is 35.1 Å². The molecule has 4 heteroatoms. The van der Waals surface area contributed by atoms with Crippen molar-refractivity contribution in [2.75, 3.05) is 6.61 Å². The summed E-state index contributed by atoms with van der Waals surface area (Å²) in [5.41, 5.74) is 4.37. The molecule has 2 heterocycles. The number of nitrogens with two attached hydrogens (primary N) is 1. The first-order chi connectivity index (χ1) is 9.86. The van der Waals surface area contributed by atoms with Crippen LogP contribution in [0.25, 0.3) is 10.1 Å². The van der Waals surface area contributed by atoms with Crippen LogP contribution in [-0.2, 0) is 11.2 Å². The van der Waals surface area contributed by atoms with Crippen LogP contribution >= 0.6 is 11.3 Å². The second-order valence-electron chi connectivity index (χ2n) is 5.55. The summed E-state index contributed by atoms with van der Waals surface area (Å²) in [5.74, 6) is 5.75. The summed E-state index contributed by atoms with van der Waals surface area (Å²) in [4.78, 5) is 0. The van der Waals surface area contributed by atoms with Crippen molar-refractivity contribution in [1.29, 1.82) is 0 Å². The van der Waals surface area contributed by atoms with Gasteiger partial charge in [-0.3, -0.25) is 11.3 Å². The maximum Gasteiger partial charge on any atom is 0.0590 e. The van der Waals surface area contributed by atoms with Crippen LogP contribution in [0.5, 0.6) is 0 Å². The monoisotopic (exact) mass is 290 g/mol. The van der Waals surface area contributed by atoms with Gasteiger partial charge in [-0.1, -0.05) is 18.2 Å². The van der Waals surface area contributed by atoms with E-state index in [-0.39, 0.29) is 6.04 Å². The number of fused-ring (bicyclic) bond motifs is 1. The summed E-state index contributed by atoms with van der Waals surface area (Å²) in [5, 5.41) is 3.62. The summed E-state index contributed by atoms with van der Waals surface area (Å²) in [6, 6.07) is 8.87. The molecule has 2 unspecified atom stereocenters. The summed E-state index contributed by atoms with van der Waals surface area (Å²) >= 11 is 1.81. The topological polar surface area (TPSA) is 47.3 Å². The van der Waals surface area contributed by atoms with Crippen molar-refractivity contribution >= 4 is 21.4 Å². The second kappa shape index (κ2) is 6.68. The Morgan fingerprint density at radius 3 is 3.05 bits per heavy atom. The van der Waals surface area contributed by atoms with Crippen molar-refractivity contribution in [2.24, 2.45) is 5.84 Å². The van der Waals surface area contributed by atoms with Crippen LogP contribution < -0.4 is 11.3 Å². The van der Waals surface area contributed by atoms with E-state index in [1.54, 1.807) is 0 Å². The first-order valence-electron chi connectivity index (χ1n) is 7.39. The Kier molecular flexibility index (Phi) is 4.68. The van der Waals surface area contributed by atoms with E-state index in [1.165, 1.54) is 34.9 Å². The fourth-order valence-electron chi connectivity index (χ4n) is 2.98. The smallest absolute Gasteiger partial charge is 0.0590 e. The zero-order valence-electron chi connectivity index (χ0n) is 11.7. The van der Waals surface area contributed by atoms with Gasteiger partial charge in [-0.15, -0.1) is 11.3 Å². The van der Waals surface area contributed by atoms with Crippen LogP contribution in [0.4, 0.5) is 0 Å². The zero-order chi connectivity index (χ0) is 13.8. The highest BCUT2D eigenvalue weighted by Crippen LogP contribution is 2.27. The molecule has 1 saturated heterocycles. The number of nitrogens with one attached hydrogen (secondary N) is 1. The molecule has 0 amide bonds. The second-order valence-corrected chi connectivity index (χ2v) is 6.46. The number of hydrogen-bond donors (Lipinski definition) is 2. The molecule has 20 heavy (non-hydrogen) atoms. The van der Waals surface area contributed by atoms with Gasteiger partial charge in [-0.25, -0.2) is 0 Å². The number of thiophene rings is 1. The van der Waals surface area contributed by atoms with Gasteiger partial charge in [0.1, 0.15) is 0 Å². The van der Waals surface area contributed by atoms with E-state index in [9.17, 15) is 0 Å². The van der Waals surface area contributed by atoms with E-state index >= 15 is 0 Å². The minimum absolute atomic E-state index is 0.288. The standard InChI is InChI=1S/C16H22N2OS/c17-18-13(10-14-5-3-4-8-19-14)9-12-11-20-16-7-2-1-6-15(12)16/h1-2,6-7,11,13-14,18H,3-5,8-10,17H2. The van der Waals surface area contributed by atoms with Crippen LogP contribution in [0.1, 0.15) is 31.2 Å². The average Bonchev–Trinajstić information content (AvgIpc) is 2.91. The van der Waals surface area contributed by atoms with Gasteiger partial charge in [-0.05, 0) is 54.5 Å². The minimum atomic E-state index is 0.288. The molecule has 0 radical (unpaired) electrons. The quantitative estimate of drug-likeness (QED) is 0.656. The van der Waals surface area contributed by atoms with Gasteiger partial charge in [0, 0.05) is 17.3 Å². The Morgan fingerprint density at radius 2 is 2.25 bits per heavy atom. The maximum atomic E-state index is 5.82. The number of ether oxygens (including phenoxy) is 1. The fraction of sp³-hybridized carbons (Fsp3) is 0.500. The maximum absolute atomic E-state index is 5.82. The minimum Gasteiger partial charge on any atom is -0.378 e. The van der Waals surface area contributed by atoms with E-state index in [1.807, 2.05) is 11.3 Å². The molecule has 108 valence electrons. The Bertz CT molecular complexity index is 548. The first-order valence-corrected chi connectivity index (χ1v) is 8.27. The predicted octanol–water partition coefficient (Wildman–Crippen LogP) is 3.23. The van der Waals surface area contributed by atoms with Crippen LogP contribution in [0.2, 0.25) is 0 Å². The third-order valence-corrected chi connectivity index (χ3v) is 5.10. The van der Waals surface area contributed by atoms with Gasteiger partial charge in [0.2, 0.25) is 0 Å². The third kappa shape index (κ3) is 3.20. The summed E-state index contributed by atoms with van der Waals surface area (Å²) in [7, 11) is 0. The lowest BCUT2D eigenvalue weighted by Gasteiger charge is -2.26. The lowest BCUT2D eigenvalue weighted by Crippen LogP contribution is -2.40. The predicted molar refractivity (Wildman–Crippen MR) is 84.8 cm³/mol. The number of rotatable bonds is 5. The number of hydrogen-bond acceptors (Lipinski definition) is 4. The molecule has 2 atom stereocenters. The Labute approximate surface area is 124 Å². The molecule has 1 aromatic heterocycles. The third-order valence-electron chi connectivity index (χ3n) is 4.08. The highest BCUT2D eigenvalue weighted by Gasteiger charge is 2.20. The molecule has 2 aromatic rings. The lowest BCUT2D eigenvalue weighted by atomic mass is 9.97. The molecule has 3 N–H and O–H groups in total. The molecule has 3 rings (SSSR count). The number of hydrazine groups is 1. The Morgan fingerprint density at radius 1 is 1.35 bits per heavy atom. The van der Waals surface area contributed by atoms with Gasteiger partial charge in [0.05, 0.1) is 6.10 Å². The fourth-order valence-corrected chi connectivity index (χ4v) is 3.95. The Balaban J connectivity index is 1.67. The van der Waals surface area contributed by atoms with Gasteiger partial charge in [0.25, 0.3) is 0 Å². The number of benzene rings is 1. The van der Waals surface area contributed by atoms with E-state index in [0.717, 1.165) is 19.4 Å². The van der Waals surface area contributed by atoms with Crippen LogP contribution in [0.3, 0.4) is 0 Å². The lowest BCUT2D eigenvalue weighted by molar-refractivity contribution is 0.00526. The van der Waals surface area contributed by atoms with Crippen molar-refractivity contribution < 1.29 is 4.74 Å². The van der Waals surface area contributed by atoms with Gasteiger partial charge < -0.3 is 4.74 Å². The molecule has 0 bridgehead atoms. The van der Waals surface area contributed by atoms with E-state index in [0.29, 0.717) is 6.10 Å². The van der Waals surface area contributed by atoms with Crippen molar-refractivity contribution in [3.63, 3.8) is 0 Å². The van der Waals surface area contributed by atoms with Crippen LogP contribution in [0.15, 0.2) is 29.6 Å². The molecule has 0 spiro atoms. The van der Waals surface area contributed by atoms with Gasteiger partial charge in [-0.2, -0.15) is 0 Å². The highest BCUT2D eigenvalue weighted by atomic mass is 32.1. The molecule has 3 nitrogen and oxygen atoms in total. The summed E-state index contributed by atoms with van der Waals surface area (Å²) in [6.07, 6.45) is 5.99. The molecular weight excluding hydrogens is 268 g/mol. The molecule has 0 saturated carbocycles. The molecule has 1 fully saturated rings. The van der Waals surface area contributed by atoms with Crippen molar-refractivity contribution in [1.82, 2.24) is 5.43 Å². The van der Waals surface area contributed by atoms with E-state index < -0.39 is 0 Å². The Hall–Kier alpha value is -0.940. The summed E-state index contributed by atoms with van der Waals surface area (Å²) < 4.78 is 7.18. The van der Waals surface area contributed by atoms with Gasteiger partial charge in [0.15, 0.2) is 0 Å². The van der Waals surface area contributed by atoms with Crippen LogP contribution in [0, 0.1) is 0 Å².